The van der Waals surface area contributed by atoms with Gasteiger partial charge in [-0.2, -0.15) is 0 Å². The minimum Gasteiger partial charge on any atom is -1.00 e. The highest BCUT2D eigenvalue weighted by atomic mass is 35.5. The van der Waals surface area contributed by atoms with Crippen molar-refractivity contribution in [1.82, 2.24) is 0 Å². The average Bonchev–Trinajstić information content (AvgIpc) is 2.62. The van der Waals surface area contributed by atoms with Crippen molar-refractivity contribution in [2.24, 2.45) is 5.16 Å². The fourth-order valence-corrected chi connectivity index (χ4v) is 3.01. The second kappa shape index (κ2) is 9.60. The summed E-state index contributed by atoms with van der Waals surface area (Å²) in [5.41, 5.74) is 4.38. The van der Waals surface area contributed by atoms with Gasteiger partial charge in [-0.3, -0.25) is 0 Å². The van der Waals surface area contributed by atoms with Gasteiger partial charge >= 0.3 is 0 Å². The minimum absolute atomic E-state index is 0. The van der Waals surface area contributed by atoms with Gasteiger partial charge in [0.2, 0.25) is 0 Å². The maximum atomic E-state index is 6.22. The standard InChI is InChI=1S/C21H26N2O2.ClH/c1-16-10-11-20-18(14-16)19(22-24-13-7-12-23(2)3)15-21(25-20)17-8-5-4-6-9-17;/h4-6,8-11,14,21H,7,12-13,15H2,1-3H3;1H/b22-19+;. The Morgan fingerprint density at radius 1 is 1.15 bits per heavy atom. The smallest absolute Gasteiger partial charge is 0.129 e. The highest BCUT2D eigenvalue weighted by Gasteiger charge is 2.26. The number of benzene rings is 2. The number of nitrogens with zero attached hydrogens (tertiary/aromatic N) is 1. The molecular formula is C21H27ClN2O2. The van der Waals surface area contributed by atoms with E-state index in [1.54, 1.807) is 0 Å². The first-order valence-corrected chi connectivity index (χ1v) is 8.94. The van der Waals surface area contributed by atoms with Crippen LogP contribution in [0.1, 0.15) is 35.6 Å². The van der Waals surface area contributed by atoms with Crippen LogP contribution in [0.3, 0.4) is 0 Å². The molecule has 140 valence electrons. The van der Waals surface area contributed by atoms with Crippen molar-refractivity contribution < 1.29 is 26.9 Å². The molecule has 0 aromatic heterocycles. The lowest BCUT2D eigenvalue weighted by atomic mass is 9.95. The van der Waals surface area contributed by atoms with Crippen LogP contribution in [0.4, 0.5) is 0 Å². The molecule has 5 heteroatoms. The highest BCUT2D eigenvalue weighted by molar-refractivity contribution is 6.04. The molecular weight excluding hydrogens is 348 g/mol. The van der Waals surface area contributed by atoms with E-state index in [9.17, 15) is 0 Å². The molecule has 0 saturated carbocycles. The van der Waals surface area contributed by atoms with Crippen LogP contribution in [-0.2, 0) is 4.84 Å². The molecule has 1 aliphatic heterocycles. The summed E-state index contributed by atoms with van der Waals surface area (Å²) in [5.74, 6) is 0.880. The number of nitrogens with one attached hydrogen (secondary N) is 1. The fourth-order valence-electron chi connectivity index (χ4n) is 3.01. The number of rotatable bonds is 6. The Labute approximate surface area is 162 Å². The monoisotopic (exact) mass is 374 g/mol. The average molecular weight is 375 g/mol. The molecule has 0 amide bonds. The maximum absolute atomic E-state index is 6.22. The number of aryl methyl sites for hydroxylation is 1. The van der Waals surface area contributed by atoms with Crippen LogP contribution in [0.5, 0.6) is 5.75 Å². The summed E-state index contributed by atoms with van der Waals surface area (Å²) in [6.07, 6.45) is 1.70. The zero-order valence-electron chi connectivity index (χ0n) is 15.7. The second-order valence-corrected chi connectivity index (χ2v) is 6.90. The van der Waals surface area contributed by atoms with Gasteiger partial charge in [-0.1, -0.05) is 47.1 Å². The maximum Gasteiger partial charge on any atom is 0.129 e. The molecule has 0 aliphatic carbocycles. The summed E-state index contributed by atoms with van der Waals surface area (Å²) in [6.45, 7) is 3.81. The lowest BCUT2D eigenvalue weighted by Gasteiger charge is -2.27. The Bertz CT molecular complexity index is 732. The van der Waals surface area contributed by atoms with Crippen LogP contribution >= 0.6 is 0 Å². The Morgan fingerprint density at radius 2 is 1.92 bits per heavy atom. The van der Waals surface area contributed by atoms with Crippen LogP contribution in [0, 0.1) is 6.92 Å². The van der Waals surface area contributed by atoms with Crippen molar-refractivity contribution in [2.75, 3.05) is 27.2 Å². The molecule has 0 fully saturated rings. The number of quaternary nitrogens is 1. The third-order valence-electron chi connectivity index (χ3n) is 4.35. The molecule has 3 rings (SSSR count). The van der Waals surface area contributed by atoms with Crippen LogP contribution in [0.15, 0.2) is 53.7 Å². The predicted octanol–water partition coefficient (Wildman–Crippen LogP) is -0.222. The van der Waals surface area contributed by atoms with E-state index in [0.717, 1.165) is 42.0 Å². The van der Waals surface area contributed by atoms with Gasteiger partial charge in [0.1, 0.15) is 18.5 Å². The van der Waals surface area contributed by atoms with E-state index in [0.29, 0.717) is 6.61 Å². The first-order valence-electron chi connectivity index (χ1n) is 8.94. The first kappa shape index (κ1) is 20.3. The summed E-state index contributed by atoms with van der Waals surface area (Å²) in [7, 11) is 4.29. The SMILES string of the molecule is Cc1ccc2c(c1)/C(=N/OCCC[NH+](C)C)CC(c1ccccc1)O2.[Cl-]. The van der Waals surface area contributed by atoms with Gasteiger partial charge in [0.25, 0.3) is 0 Å². The molecule has 4 nitrogen and oxygen atoms in total. The molecule has 1 aliphatic rings. The van der Waals surface area contributed by atoms with E-state index in [1.165, 1.54) is 10.5 Å². The quantitative estimate of drug-likeness (QED) is 0.560. The molecule has 0 saturated heterocycles. The Kier molecular flexibility index (Phi) is 7.49. The van der Waals surface area contributed by atoms with Gasteiger partial charge in [-0.15, -0.1) is 0 Å². The van der Waals surface area contributed by atoms with Crippen molar-refractivity contribution >= 4 is 5.71 Å². The van der Waals surface area contributed by atoms with Gasteiger partial charge in [0, 0.05) is 18.4 Å². The lowest BCUT2D eigenvalue weighted by molar-refractivity contribution is -0.858. The number of halogens is 1. The molecule has 1 heterocycles. The molecule has 0 radical (unpaired) electrons. The molecule has 1 unspecified atom stereocenters. The Morgan fingerprint density at radius 3 is 2.65 bits per heavy atom. The number of oxime groups is 1. The summed E-state index contributed by atoms with van der Waals surface area (Å²) in [4.78, 5) is 7.05. The van der Waals surface area contributed by atoms with Crippen molar-refractivity contribution in [3.05, 3.63) is 65.2 Å². The molecule has 0 spiro atoms. The third kappa shape index (κ3) is 5.23. The highest BCUT2D eigenvalue weighted by Crippen LogP contribution is 2.35. The van der Waals surface area contributed by atoms with E-state index in [1.807, 2.05) is 24.3 Å². The van der Waals surface area contributed by atoms with Crippen LogP contribution in [0.25, 0.3) is 0 Å². The van der Waals surface area contributed by atoms with Gasteiger partial charge in [0.15, 0.2) is 0 Å². The van der Waals surface area contributed by atoms with Gasteiger partial charge in [0.05, 0.1) is 26.4 Å². The minimum atomic E-state index is -0.0232. The van der Waals surface area contributed by atoms with E-state index in [2.05, 4.69) is 50.4 Å². The largest absolute Gasteiger partial charge is 1.00 e. The number of hydrogen-bond acceptors (Lipinski definition) is 3. The Hall–Kier alpha value is -2.04. The van der Waals surface area contributed by atoms with Crippen molar-refractivity contribution in [3.63, 3.8) is 0 Å². The summed E-state index contributed by atoms with van der Waals surface area (Å²) in [5, 5.41) is 4.47. The second-order valence-electron chi connectivity index (χ2n) is 6.90. The molecule has 2 aromatic rings. The Balaban J connectivity index is 0.00000243. The summed E-state index contributed by atoms with van der Waals surface area (Å²) in [6, 6.07) is 16.5. The fraction of sp³-hybridized carbons (Fsp3) is 0.381. The van der Waals surface area contributed by atoms with E-state index >= 15 is 0 Å². The van der Waals surface area contributed by atoms with E-state index in [4.69, 9.17) is 9.57 Å². The predicted molar refractivity (Wildman–Crippen MR) is 100 cm³/mol. The van der Waals surface area contributed by atoms with Gasteiger partial charge in [-0.25, -0.2) is 0 Å². The van der Waals surface area contributed by atoms with Crippen molar-refractivity contribution in [3.8, 4) is 5.75 Å². The third-order valence-corrected chi connectivity index (χ3v) is 4.35. The summed E-state index contributed by atoms with van der Waals surface area (Å²) >= 11 is 0. The van der Waals surface area contributed by atoms with Crippen LogP contribution < -0.4 is 22.0 Å². The molecule has 0 bridgehead atoms. The molecule has 2 aromatic carbocycles. The zero-order chi connectivity index (χ0) is 17.6. The molecule has 1 N–H and O–H groups in total. The van der Waals surface area contributed by atoms with Gasteiger partial charge < -0.3 is 26.9 Å². The van der Waals surface area contributed by atoms with E-state index < -0.39 is 0 Å². The zero-order valence-corrected chi connectivity index (χ0v) is 16.4. The lowest BCUT2D eigenvalue weighted by Crippen LogP contribution is -3.05. The molecule has 26 heavy (non-hydrogen) atoms. The van der Waals surface area contributed by atoms with Crippen molar-refractivity contribution in [1.29, 1.82) is 0 Å². The number of hydrogen-bond donors (Lipinski definition) is 1. The normalized spacial score (nSPS) is 17.4. The van der Waals surface area contributed by atoms with Crippen molar-refractivity contribution in [2.45, 2.75) is 25.9 Å². The van der Waals surface area contributed by atoms with Crippen LogP contribution in [0.2, 0.25) is 0 Å². The number of fused-ring (bicyclic) bond motifs is 1. The van der Waals surface area contributed by atoms with Crippen LogP contribution in [-0.4, -0.2) is 33.0 Å². The van der Waals surface area contributed by atoms with Gasteiger partial charge in [-0.05, 0) is 24.6 Å². The number of ether oxygens (including phenoxy) is 1. The van der Waals surface area contributed by atoms with E-state index in [-0.39, 0.29) is 18.5 Å². The topological polar surface area (TPSA) is 35.3 Å². The molecule has 1 atom stereocenters. The first-order chi connectivity index (χ1) is 12.1. The summed E-state index contributed by atoms with van der Waals surface area (Å²) < 4.78 is 6.22.